The smallest absolute Gasteiger partial charge is 0.198 e. The molecule has 0 N–H and O–H groups in total. The van der Waals surface area contributed by atoms with Gasteiger partial charge in [0.1, 0.15) is 11.9 Å². The van der Waals surface area contributed by atoms with Gasteiger partial charge in [-0.05, 0) is 24.5 Å². The lowest BCUT2D eigenvalue weighted by atomic mass is 9.92. The normalized spacial score (nSPS) is 24.8. The van der Waals surface area contributed by atoms with Crippen molar-refractivity contribution in [3.05, 3.63) is 59.2 Å². The molecule has 1 aromatic rings. The molecule has 20 heavy (non-hydrogen) atoms. The maximum Gasteiger partial charge on any atom is 0.198 e. The Balaban J connectivity index is 1.76. The van der Waals surface area contributed by atoms with E-state index in [-0.39, 0.29) is 6.10 Å². The molecule has 3 heteroatoms. The Morgan fingerprint density at radius 1 is 1.15 bits per heavy atom. The van der Waals surface area contributed by atoms with Crippen LogP contribution >= 0.6 is 0 Å². The molecular weight excluding hydrogens is 252 g/mol. The summed E-state index contributed by atoms with van der Waals surface area (Å²) in [6, 6.07) is 10.5. The Kier molecular flexibility index (Phi) is 3.68. The van der Waals surface area contributed by atoms with Gasteiger partial charge >= 0.3 is 0 Å². The topological polar surface area (TPSA) is 27.7 Å². The van der Waals surface area contributed by atoms with Crippen LogP contribution in [0.5, 0.6) is 0 Å². The summed E-state index contributed by atoms with van der Waals surface area (Å²) < 4.78 is 17.0. The van der Waals surface area contributed by atoms with Crippen molar-refractivity contribution in [3.63, 3.8) is 0 Å². The quantitative estimate of drug-likeness (QED) is 0.840. The molecule has 0 spiro atoms. The second-order valence-corrected chi connectivity index (χ2v) is 5.27. The summed E-state index contributed by atoms with van der Waals surface area (Å²) >= 11 is 0. The van der Waals surface area contributed by atoms with Crippen LogP contribution in [0.4, 0.5) is 0 Å². The van der Waals surface area contributed by atoms with Crippen LogP contribution in [0.1, 0.15) is 18.4 Å². The number of rotatable bonds is 4. The lowest BCUT2D eigenvalue weighted by Crippen LogP contribution is -2.10. The van der Waals surface area contributed by atoms with Gasteiger partial charge in [0, 0.05) is 12.3 Å². The molecule has 0 amide bonds. The third-order valence-electron chi connectivity index (χ3n) is 3.98. The largest absolute Gasteiger partial charge is 0.493 e. The third kappa shape index (κ3) is 2.40. The average molecular weight is 272 g/mol. The van der Waals surface area contributed by atoms with Crippen molar-refractivity contribution < 1.29 is 14.2 Å². The number of allylic oxidation sites excluding steroid dienone is 2. The molecule has 3 rings (SSSR count). The predicted octanol–water partition coefficient (Wildman–Crippen LogP) is 3.43. The van der Waals surface area contributed by atoms with Gasteiger partial charge in [0.05, 0.1) is 14.2 Å². The van der Waals surface area contributed by atoms with E-state index in [1.165, 1.54) is 5.56 Å². The van der Waals surface area contributed by atoms with Gasteiger partial charge in [-0.3, -0.25) is 0 Å². The van der Waals surface area contributed by atoms with E-state index in [4.69, 9.17) is 14.2 Å². The predicted molar refractivity (Wildman–Crippen MR) is 76.9 cm³/mol. The molecule has 0 bridgehead atoms. The number of benzene rings is 1. The van der Waals surface area contributed by atoms with E-state index >= 15 is 0 Å². The van der Waals surface area contributed by atoms with Gasteiger partial charge in [-0.25, -0.2) is 0 Å². The maximum absolute atomic E-state index is 6.14. The van der Waals surface area contributed by atoms with Crippen LogP contribution in [-0.2, 0) is 20.6 Å². The summed E-state index contributed by atoms with van der Waals surface area (Å²) in [5, 5.41) is 0. The van der Waals surface area contributed by atoms with Crippen LogP contribution in [-0.4, -0.2) is 20.3 Å². The monoisotopic (exact) mass is 272 g/mol. The Hall–Kier alpha value is -1.90. The van der Waals surface area contributed by atoms with Crippen LogP contribution in [0.2, 0.25) is 0 Å². The Morgan fingerprint density at radius 2 is 1.95 bits per heavy atom. The minimum Gasteiger partial charge on any atom is -0.493 e. The molecule has 106 valence electrons. The fraction of sp³-hybridized carbons (Fsp3) is 0.412. The molecular formula is C17H20O3. The molecule has 3 nitrogen and oxygen atoms in total. The van der Waals surface area contributed by atoms with Crippen molar-refractivity contribution in [2.24, 2.45) is 5.92 Å². The molecule has 1 fully saturated rings. The second-order valence-electron chi connectivity index (χ2n) is 5.27. The van der Waals surface area contributed by atoms with E-state index < -0.39 is 0 Å². The molecule has 1 aromatic carbocycles. The van der Waals surface area contributed by atoms with Crippen LogP contribution < -0.4 is 0 Å². The molecule has 2 unspecified atom stereocenters. The fourth-order valence-electron chi connectivity index (χ4n) is 3.03. The van der Waals surface area contributed by atoms with Crippen LogP contribution in [0.3, 0.4) is 0 Å². The van der Waals surface area contributed by atoms with Gasteiger partial charge in [0.25, 0.3) is 0 Å². The molecule has 2 aliphatic rings. The molecule has 0 radical (unpaired) electrons. The first-order chi connectivity index (χ1) is 9.81. The maximum atomic E-state index is 6.14. The average Bonchev–Trinajstić information content (AvgIpc) is 2.89. The third-order valence-corrected chi connectivity index (χ3v) is 3.98. The summed E-state index contributed by atoms with van der Waals surface area (Å²) in [6.45, 7) is 0. The first-order valence-corrected chi connectivity index (χ1v) is 7.05. The van der Waals surface area contributed by atoms with Crippen molar-refractivity contribution in [1.82, 2.24) is 0 Å². The highest BCUT2D eigenvalue weighted by Gasteiger charge is 2.37. The molecule has 2 atom stereocenters. The zero-order valence-corrected chi connectivity index (χ0v) is 12.0. The highest BCUT2D eigenvalue weighted by molar-refractivity contribution is 5.31. The van der Waals surface area contributed by atoms with Crippen molar-refractivity contribution in [3.8, 4) is 0 Å². The summed E-state index contributed by atoms with van der Waals surface area (Å²) in [7, 11) is 3.34. The van der Waals surface area contributed by atoms with E-state index in [9.17, 15) is 0 Å². The zero-order valence-electron chi connectivity index (χ0n) is 12.0. The molecule has 0 saturated carbocycles. The Bertz CT molecular complexity index is 530. The molecule has 1 aliphatic carbocycles. The number of hydrogen-bond acceptors (Lipinski definition) is 3. The molecule has 0 aromatic heterocycles. The van der Waals surface area contributed by atoms with E-state index in [0.717, 1.165) is 36.5 Å². The molecule has 1 saturated heterocycles. The summed E-state index contributed by atoms with van der Waals surface area (Å²) in [5.41, 5.74) is 1.32. The zero-order chi connectivity index (χ0) is 13.9. The van der Waals surface area contributed by atoms with Crippen LogP contribution in [0.15, 0.2) is 53.7 Å². The van der Waals surface area contributed by atoms with Crippen LogP contribution in [0, 0.1) is 5.92 Å². The Morgan fingerprint density at radius 3 is 2.65 bits per heavy atom. The molecule has 1 heterocycles. The molecule has 1 aliphatic heterocycles. The Labute approximate surface area is 119 Å². The first-order valence-electron chi connectivity index (χ1n) is 7.05. The highest BCUT2D eigenvalue weighted by atomic mass is 16.5. The number of methoxy groups -OCH3 is 2. The van der Waals surface area contributed by atoms with Gasteiger partial charge < -0.3 is 14.2 Å². The minimum atomic E-state index is 0.229. The van der Waals surface area contributed by atoms with Crippen molar-refractivity contribution in [2.75, 3.05) is 14.2 Å². The number of hydrogen-bond donors (Lipinski definition) is 0. The van der Waals surface area contributed by atoms with Gasteiger partial charge in [0.2, 0.25) is 0 Å². The number of fused-ring (bicyclic) bond motifs is 1. The van der Waals surface area contributed by atoms with E-state index in [1.54, 1.807) is 14.2 Å². The van der Waals surface area contributed by atoms with E-state index in [2.05, 4.69) is 30.3 Å². The summed E-state index contributed by atoms with van der Waals surface area (Å²) in [4.78, 5) is 0. The highest BCUT2D eigenvalue weighted by Crippen LogP contribution is 2.41. The minimum absolute atomic E-state index is 0.229. The van der Waals surface area contributed by atoms with Crippen molar-refractivity contribution in [2.45, 2.75) is 25.4 Å². The summed E-state index contributed by atoms with van der Waals surface area (Å²) in [5.74, 6) is 2.95. The lowest BCUT2D eigenvalue weighted by Gasteiger charge is -2.20. The standard InChI is InChI=1S/C17H20O3/c1-18-15-9-8-13-11-14(20-16(13)17(15)19-2)10-12-6-4-3-5-7-12/h3-7,9,13-14H,8,10-11H2,1-2H3. The fourth-order valence-corrected chi connectivity index (χ4v) is 3.03. The van der Waals surface area contributed by atoms with Gasteiger partial charge in [-0.2, -0.15) is 0 Å². The van der Waals surface area contributed by atoms with E-state index in [0.29, 0.717) is 5.92 Å². The lowest BCUT2D eigenvalue weighted by molar-refractivity contribution is 0.129. The van der Waals surface area contributed by atoms with Gasteiger partial charge in [-0.1, -0.05) is 30.3 Å². The summed E-state index contributed by atoms with van der Waals surface area (Å²) in [6.07, 6.45) is 5.29. The van der Waals surface area contributed by atoms with Crippen molar-refractivity contribution in [1.29, 1.82) is 0 Å². The SMILES string of the molecule is COC1=CCC2CC(Cc3ccccc3)OC2=C1OC. The van der Waals surface area contributed by atoms with Crippen LogP contribution in [0.25, 0.3) is 0 Å². The van der Waals surface area contributed by atoms with E-state index in [1.807, 2.05) is 6.07 Å². The first kappa shape index (κ1) is 13.1. The second kappa shape index (κ2) is 5.61. The number of ether oxygens (including phenoxy) is 3. The van der Waals surface area contributed by atoms with Gasteiger partial charge in [0.15, 0.2) is 11.5 Å². The van der Waals surface area contributed by atoms with Crippen molar-refractivity contribution >= 4 is 0 Å². The van der Waals surface area contributed by atoms with Gasteiger partial charge in [-0.15, -0.1) is 0 Å².